The Morgan fingerprint density at radius 2 is 1.90 bits per heavy atom. The molecule has 4 aliphatic carbocycles. The number of ketones is 1. The van der Waals surface area contributed by atoms with Gasteiger partial charge in [0, 0.05) is 30.6 Å². The standard InChI is InChI=1S/C23H32O6/c1-12(24)28-14-7-8-21(2)13(9-14)5-6-15-19(21)17(25)11-22(3)16(20(26)27-4)10-18-23(15,22)29-18/h13-16,18-19H,5-11H2,1-4H3/t13-,14+,15-,16-,18+,19-,21+,22-,23+/m1/s1. The van der Waals surface area contributed by atoms with Crippen molar-refractivity contribution < 1.29 is 28.6 Å². The molecule has 1 aliphatic heterocycles. The molecule has 1 saturated heterocycles. The summed E-state index contributed by atoms with van der Waals surface area (Å²) in [4.78, 5) is 37.5. The van der Waals surface area contributed by atoms with Crippen molar-refractivity contribution in [2.45, 2.75) is 83.5 Å². The summed E-state index contributed by atoms with van der Waals surface area (Å²) >= 11 is 0. The van der Waals surface area contributed by atoms with Gasteiger partial charge >= 0.3 is 11.9 Å². The normalized spacial score (nSPS) is 52.5. The van der Waals surface area contributed by atoms with Crippen LogP contribution in [0.25, 0.3) is 0 Å². The van der Waals surface area contributed by atoms with Gasteiger partial charge in [-0.1, -0.05) is 13.8 Å². The van der Waals surface area contributed by atoms with Gasteiger partial charge in [0.2, 0.25) is 0 Å². The average molecular weight is 405 g/mol. The van der Waals surface area contributed by atoms with E-state index in [4.69, 9.17) is 14.2 Å². The second-order valence-electron chi connectivity index (χ2n) is 10.6. The predicted molar refractivity (Wildman–Crippen MR) is 103 cm³/mol. The highest BCUT2D eigenvalue weighted by Crippen LogP contribution is 2.75. The summed E-state index contributed by atoms with van der Waals surface area (Å²) in [6.07, 6.45) is 5.69. The van der Waals surface area contributed by atoms with Gasteiger partial charge in [-0.05, 0) is 49.9 Å². The van der Waals surface area contributed by atoms with E-state index in [-0.39, 0.29) is 52.9 Å². The van der Waals surface area contributed by atoms with Crippen molar-refractivity contribution in [2.75, 3.05) is 7.11 Å². The number of ether oxygens (including phenoxy) is 3. The van der Waals surface area contributed by atoms with Gasteiger partial charge in [-0.3, -0.25) is 14.4 Å². The van der Waals surface area contributed by atoms with Crippen molar-refractivity contribution in [1.29, 1.82) is 0 Å². The Morgan fingerprint density at radius 3 is 2.59 bits per heavy atom. The smallest absolute Gasteiger partial charge is 0.309 e. The Kier molecular flexibility index (Phi) is 4.08. The molecular weight excluding hydrogens is 372 g/mol. The number of methoxy groups -OCH3 is 1. The molecule has 0 amide bonds. The third-order valence-corrected chi connectivity index (χ3v) is 9.55. The van der Waals surface area contributed by atoms with Crippen molar-refractivity contribution in [1.82, 2.24) is 0 Å². The first kappa shape index (κ1) is 19.5. The molecule has 0 bridgehead atoms. The second-order valence-corrected chi connectivity index (χ2v) is 10.6. The van der Waals surface area contributed by atoms with Crippen LogP contribution in [0.3, 0.4) is 0 Å². The van der Waals surface area contributed by atoms with Gasteiger partial charge in [0.05, 0.1) is 19.1 Å². The van der Waals surface area contributed by atoms with E-state index in [1.165, 1.54) is 14.0 Å². The molecule has 0 radical (unpaired) electrons. The Labute approximate surface area is 172 Å². The molecule has 6 heteroatoms. The van der Waals surface area contributed by atoms with E-state index in [2.05, 4.69) is 13.8 Å². The molecule has 0 aromatic rings. The number of carbonyl (C=O) groups is 3. The van der Waals surface area contributed by atoms with Crippen molar-refractivity contribution in [2.24, 2.45) is 34.5 Å². The first-order valence-corrected chi connectivity index (χ1v) is 11.1. The van der Waals surface area contributed by atoms with Crippen molar-refractivity contribution in [3.8, 4) is 0 Å². The lowest BCUT2D eigenvalue weighted by Gasteiger charge is -2.59. The monoisotopic (exact) mass is 404 g/mol. The first-order chi connectivity index (χ1) is 13.7. The van der Waals surface area contributed by atoms with Gasteiger partial charge in [-0.2, -0.15) is 0 Å². The number of esters is 2. The van der Waals surface area contributed by atoms with Gasteiger partial charge in [0.1, 0.15) is 17.5 Å². The minimum atomic E-state index is -0.457. The summed E-state index contributed by atoms with van der Waals surface area (Å²) in [5.74, 6) is 0.184. The van der Waals surface area contributed by atoms with Gasteiger partial charge in [-0.15, -0.1) is 0 Å². The third-order valence-electron chi connectivity index (χ3n) is 9.55. The zero-order chi connectivity index (χ0) is 20.8. The highest BCUT2D eigenvalue weighted by molar-refractivity contribution is 5.87. The maximum absolute atomic E-state index is 13.6. The molecule has 5 fully saturated rings. The first-order valence-electron chi connectivity index (χ1n) is 11.1. The lowest BCUT2D eigenvalue weighted by molar-refractivity contribution is -0.179. The van der Waals surface area contributed by atoms with Crippen LogP contribution in [0, 0.1) is 34.5 Å². The van der Waals surface area contributed by atoms with Crippen LogP contribution in [0.4, 0.5) is 0 Å². The molecule has 4 saturated carbocycles. The Morgan fingerprint density at radius 1 is 1.14 bits per heavy atom. The summed E-state index contributed by atoms with van der Waals surface area (Å²) in [5, 5.41) is 0. The van der Waals surface area contributed by atoms with Crippen molar-refractivity contribution >= 4 is 17.7 Å². The van der Waals surface area contributed by atoms with E-state index in [0.717, 1.165) is 32.1 Å². The number of hydrogen-bond acceptors (Lipinski definition) is 6. The van der Waals surface area contributed by atoms with Crippen LogP contribution < -0.4 is 0 Å². The highest BCUT2D eigenvalue weighted by Gasteiger charge is 2.83. The van der Waals surface area contributed by atoms with E-state index >= 15 is 0 Å². The van der Waals surface area contributed by atoms with Crippen LogP contribution in [0.2, 0.25) is 0 Å². The Hall–Kier alpha value is -1.43. The molecule has 6 nitrogen and oxygen atoms in total. The van der Waals surface area contributed by atoms with E-state index in [9.17, 15) is 14.4 Å². The van der Waals surface area contributed by atoms with Gasteiger partial charge in [0.15, 0.2) is 0 Å². The van der Waals surface area contributed by atoms with E-state index in [0.29, 0.717) is 24.5 Å². The zero-order valence-electron chi connectivity index (χ0n) is 17.9. The third kappa shape index (κ3) is 2.35. The van der Waals surface area contributed by atoms with E-state index < -0.39 is 5.41 Å². The van der Waals surface area contributed by atoms with Gasteiger partial charge < -0.3 is 14.2 Å². The second kappa shape index (κ2) is 6.05. The number of hydrogen-bond donors (Lipinski definition) is 0. The molecule has 0 N–H and O–H groups in total. The lowest BCUT2D eigenvalue weighted by atomic mass is 9.44. The number of fused-ring (bicyclic) bond motifs is 3. The van der Waals surface area contributed by atoms with Gasteiger partial charge in [0.25, 0.3) is 0 Å². The Balaban J connectivity index is 1.46. The molecule has 9 atom stereocenters. The summed E-state index contributed by atoms with van der Waals surface area (Å²) in [6.45, 7) is 5.83. The van der Waals surface area contributed by atoms with Crippen LogP contribution in [-0.2, 0) is 28.6 Å². The van der Waals surface area contributed by atoms with Crippen LogP contribution in [0.15, 0.2) is 0 Å². The molecule has 0 aromatic heterocycles. The van der Waals surface area contributed by atoms with E-state index in [1.807, 2.05) is 0 Å². The molecule has 1 heterocycles. The zero-order valence-corrected chi connectivity index (χ0v) is 17.9. The SMILES string of the molecule is COC(=O)[C@H]1C[C@@H]2O[C@@]23[C@@H]2CC[C@@H]4C[C@@H](OC(C)=O)CC[C@]4(C)[C@H]2C(=O)C[C@]13C. The number of carbonyl (C=O) groups excluding carboxylic acids is 3. The quantitative estimate of drug-likeness (QED) is 0.520. The van der Waals surface area contributed by atoms with Gasteiger partial charge in [-0.25, -0.2) is 0 Å². The summed E-state index contributed by atoms with van der Waals surface area (Å²) in [6, 6.07) is 0. The molecule has 1 spiro atoms. The maximum atomic E-state index is 13.6. The molecule has 0 unspecified atom stereocenters. The fourth-order valence-electron chi connectivity index (χ4n) is 8.30. The molecule has 160 valence electrons. The summed E-state index contributed by atoms with van der Waals surface area (Å²) in [7, 11) is 1.43. The molecular formula is C23H32O6. The fourth-order valence-corrected chi connectivity index (χ4v) is 8.30. The molecule has 29 heavy (non-hydrogen) atoms. The van der Waals surface area contributed by atoms with Crippen LogP contribution in [0.1, 0.15) is 65.7 Å². The van der Waals surface area contributed by atoms with Crippen LogP contribution in [0.5, 0.6) is 0 Å². The van der Waals surface area contributed by atoms with Crippen LogP contribution >= 0.6 is 0 Å². The average Bonchev–Trinajstić information content (AvgIpc) is 3.32. The van der Waals surface area contributed by atoms with E-state index in [1.54, 1.807) is 0 Å². The number of Topliss-reactive ketones (excluding diaryl/α,β-unsaturated/α-hetero) is 1. The largest absolute Gasteiger partial charge is 0.469 e. The van der Waals surface area contributed by atoms with Crippen molar-refractivity contribution in [3.05, 3.63) is 0 Å². The number of epoxide rings is 1. The molecule has 5 rings (SSSR count). The molecule has 0 aromatic carbocycles. The number of rotatable bonds is 2. The highest BCUT2D eigenvalue weighted by atomic mass is 16.6. The topological polar surface area (TPSA) is 82.2 Å². The van der Waals surface area contributed by atoms with Crippen LogP contribution in [-0.4, -0.2) is 42.6 Å². The predicted octanol–water partition coefficient (Wildman–Crippen LogP) is 3.06. The lowest BCUT2D eigenvalue weighted by Crippen LogP contribution is -2.62. The minimum absolute atomic E-state index is 0.0194. The fraction of sp³-hybridized carbons (Fsp3) is 0.870. The molecule has 5 aliphatic rings. The van der Waals surface area contributed by atoms with Crippen molar-refractivity contribution in [3.63, 3.8) is 0 Å². The minimum Gasteiger partial charge on any atom is -0.469 e. The Bertz CT molecular complexity index is 777. The maximum Gasteiger partial charge on any atom is 0.309 e. The summed E-state index contributed by atoms with van der Waals surface area (Å²) < 4.78 is 17.0. The summed E-state index contributed by atoms with van der Waals surface area (Å²) in [5.41, 5.74) is -0.876.